The van der Waals surface area contributed by atoms with Crippen LogP contribution >= 0.6 is 0 Å². The molecule has 1 aromatic carbocycles. The van der Waals surface area contributed by atoms with Gasteiger partial charge in [0, 0.05) is 6.54 Å². The number of rotatable bonds is 6. The van der Waals surface area contributed by atoms with Gasteiger partial charge in [-0.15, -0.1) is 0 Å². The number of benzene rings is 1. The second kappa shape index (κ2) is 6.20. The van der Waals surface area contributed by atoms with Crippen LogP contribution in [0.3, 0.4) is 0 Å². The highest BCUT2D eigenvalue weighted by atomic mass is 16.4. The molecule has 1 aromatic heterocycles. The highest BCUT2D eigenvalue weighted by molar-refractivity contribution is 5.84. The quantitative estimate of drug-likeness (QED) is 0.866. The van der Waals surface area contributed by atoms with Gasteiger partial charge in [0.25, 0.3) is 0 Å². The lowest BCUT2D eigenvalue weighted by Gasteiger charge is -2.14. The van der Waals surface area contributed by atoms with Crippen molar-refractivity contribution in [3.05, 3.63) is 59.5 Å². The SMILES string of the molecule is CN(CCc1ccccc1)Cc1ccc(C(=O)O)o1. The molecule has 0 bridgehead atoms. The number of furan rings is 1. The van der Waals surface area contributed by atoms with E-state index in [0.717, 1.165) is 13.0 Å². The van der Waals surface area contributed by atoms with Crippen molar-refractivity contribution >= 4 is 5.97 Å². The lowest BCUT2D eigenvalue weighted by molar-refractivity contribution is 0.0659. The molecule has 100 valence electrons. The minimum absolute atomic E-state index is 0.00791. The third-order valence-corrected chi connectivity index (χ3v) is 2.92. The highest BCUT2D eigenvalue weighted by Gasteiger charge is 2.10. The van der Waals surface area contributed by atoms with Gasteiger partial charge >= 0.3 is 5.97 Å². The molecule has 2 rings (SSSR count). The first-order valence-electron chi connectivity index (χ1n) is 6.19. The Hall–Kier alpha value is -2.07. The van der Waals surface area contributed by atoms with Crippen molar-refractivity contribution < 1.29 is 14.3 Å². The van der Waals surface area contributed by atoms with Gasteiger partial charge in [-0.1, -0.05) is 30.3 Å². The molecule has 0 unspecified atom stereocenters. The molecule has 0 fully saturated rings. The predicted molar refractivity (Wildman–Crippen MR) is 72.1 cm³/mol. The average molecular weight is 259 g/mol. The molecular weight excluding hydrogens is 242 g/mol. The van der Waals surface area contributed by atoms with Crippen LogP contribution in [0.2, 0.25) is 0 Å². The van der Waals surface area contributed by atoms with Gasteiger partial charge in [-0.2, -0.15) is 0 Å². The largest absolute Gasteiger partial charge is 0.475 e. The molecule has 19 heavy (non-hydrogen) atoms. The van der Waals surface area contributed by atoms with Crippen molar-refractivity contribution in [1.29, 1.82) is 0 Å². The lowest BCUT2D eigenvalue weighted by Crippen LogP contribution is -2.20. The fraction of sp³-hybridized carbons (Fsp3) is 0.267. The fourth-order valence-corrected chi connectivity index (χ4v) is 1.89. The summed E-state index contributed by atoms with van der Waals surface area (Å²) < 4.78 is 5.23. The number of nitrogens with zero attached hydrogens (tertiary/aromatic N) is 1. The van der Waals surface area contributed by atoms with Gasteiger partial charge < -0.3 is 9.52 Å². The van der Waals surface area contributed by atoms with Crippen LogP contribution in [-0.4, -0.2) is 29.6 Å². The van der Waals surface area contributed by atoms with Crippen LogP contribution < -0.4 is 0 Å². The topological polar surface area (TPSA) is 53.7 Å². The van der Waals surface area contributed by atoms with E-state index in [1.807, 2.05) is 25.2 Å². The zero-order valence-electron chi connectivity index (χ0n) is 10.9. The summed E-state index contributed by atoms with van der Waals surface area (Å²) >= 11 is 0. The smallest absolute Gasteiger partial charge is 0.371 e. The fourth-order valence-electron chi connectivity index (χ4n) is 1.89. The molecule has 4 heteroatoms. The molecule has 0 radical (unpaired) electrons. The predicted octanol–water partition coefficient (Wildman–Crippen LogP) is 2.65. The Balaban J connectivity index is 1.83. The summed E-state index contributed by atoms with van der Waals surface area (Å²) in [4.78, 5) is 12.8. The van der Waals surface area contributed by atoms with Gasteiger partial charge in [0.05, 0.1) is 6.54 Å². The molecular formula is C15H17NO3. The summed E-state index contributed by atoms with van der Waals surface area (Å²) in [6, 6.07) is 13.5. The van der Waals surface area contributed by atoms with Gasteiger partial charge in [0.1, 0.15) is 5.76 Å². The monoisotopic (exact) mass is 259 g/mol. The molecule has 0 amide bonds. The number of carbonyl (C=O) groups is 1. The van der Waals surface area contributed by atoms with Crippen molar-refractivity contribution in [3.8, 4) is 0 Å². The van der Waals surface area contributed by atoms with Crippen LogP contribution in [0, 0.1) is 0 Å². The summed E-state index contributed by atoms with van der Waals surface area (Å²) in [7, 11) is 1.99. The number of carboxylic acids is 1. The Morgan fingerprint density at radius 2 is 1.95 bits per heavy atom. The van der Waals surface area contributed by atoms with E-state index in [4.69, 9.17) is 9.52 Å². The van der Waals surface area contributed by atoms with E-state index < -0.39 is 5.97 Å². The molecule has 0 saturated carbocycles. The minimum Gasteiger partial charge on any atom is -0.475 e. The van der Waals surface area contributed by atoms with Crippen LogP contribution in [0.25, 0.3) is 0 Å². The van der Waals surface area contributed by atoms with E-state index in [0.29, 0.717) is 12.3 Å². The number of hydrogen-bond acceptors (Lipinski definition) is 3. The number of carboxylic acid groups (broad SMARTS) is 1. The first-order chi connectivity index (χ1) is 9.15. The first kappa shape index (κ1) is 13.4. The van der Waals surface area contributed by atoms with Crippen molar-refractivity contribution in [2.24, 2.45) is 0 Å². The van der Waals surface area contributed by atoms with E-state index in [-0.39, 0.29) is 5.76 Å². The second-order valence-corrected chi connectivity index (χ2v) is 4.54. The normalized spacial score (nSPS) is 10.8. The van der Waals surface area contributed by atoms with E-state index in [9.17, 15) is 4.79 Å². The number of hydrogen-bond donors (Lipinski definition) is 1. The zero-order chi connectivity index (χ0) is 13.7. The van der Waals surface area contributed by atoms with Crippen molar-refractivity contribution in [2.75, 3.05) is 13.6 Å². The summed E-state index contributed by atoms with van der Waals surface area (Å²) in [6.45, 7) is 1.51. The van der Waals surface area contributed by atoms with Crippen molar-refractivity contribution in [3.63, 3.8) is 0 Å². The minimum atomic E-state index is -1.03. The van der Waals surface area contributed by atoms with Crippen LogP contribution in [0.5, 0.6) is 0 Å². The Morgan fingerprint density at radius 1 is 1.21 bits per heavy atom. The maximum Gasteiger partial charge on any atom is 0.371 e. The van der Waals surface area contributed by atoms with E-state index in [1.54, 1.807) is 6.07 Å². The molecule has 0 spiro atoms. The Labute approximate surface area is 112 Å². The standard InChI is InChI=1S/C15H17NO3/c1-16(10-9-12-5-3-2-4-6-12)11-13-7-8-14(19-13)15(17)18/h2-8H,9-11H2,1H3,(H,17,18). The van der Waals surface area contributed by atoms with Gasteiger partial charge in [-0.05, 0) is 31.2 Å². The van der Waals surface area contributed by atoms with Crippen LogP contribution in [0.4, 0.5) is 0 Å². The number of likely N-dealkylation sites (N-methyl/N-ethyl adjacent to an activating group) is 1. The van der Waals surface area contributed by atoms with Gasteiger partial charge in [-0.25, -0.2) is 4.79 Å². The molecule has 1 N–H and O–H groups in total. The molecule has 0 aliphatic rings. The van der Waals surface area contributed by atoms with Gasteiger partial charge in [0.15, 0.2) is 0 Å². The van der Waals surface area contributed by atoms with E-state index in [1.165, 1.54) is 11.6 Å². The average Bonchev–Trinajstić information content (AvgIpc) is 2.86. The first-order valence-corrected chi connectivity index (χ1v) is 6.19. The Morgan fingerprint density at radius 3 is 2.58 bits per heavy atom. The molecule has 1 heterocycles. The van der Waals surface area contributed by atoms with E-state index >= 15 is 0 Å². The molecule has 0 saturated heterocycles. The number of aromatic carboxylic acids is 1. The van der Waals surface area contributed by atoms with Crippen molar-refractivity contribution in [2.45, 2.75) is 13.0 Å². The zero-order valence-corrected chi connectivity index (χ0v) is 10.9. The Bertz CT molecular complexity index is 533. The molecule has 0 atom stereocenters. The summed E-state index contributed by atoms with van der Waals surface area (Å²) in [5, 5.41) is 8.78. The second-order valence-electron chi connectivity index (χ2n) is 4.54. The molecule has 0 aliphatic carbocycles. The van der Waals surface area contributed by atoms with Crippen LogP contribution in [0.15, 0.2) is 46.9 Å². The van der Waals surface area contributed by atoms with Gasteiger partial charge in [0.2, 0.25) is 5.76 Å². The lowest BCUT2D eigenvalue weighted by atomic mass is 10.1. The molecule has 4 nitrogen and oxygen atoms in total. The third kappa shape index (κ3) is 3.96. The summed E-state index contributed by atoms with van der Waals surface area (Å²) in [5.41, 5.74) is 1.29. The summed E-state index contributed by atoms with van der Waals surface area (Å²) in [6.07, 6.45) is 0.962. The summed E-state index contributed by atoms with van der Waals surface area (Å²) in [5.74, 6) is -0.363. The highest BCUT2D eigenvalue weighted by Crippen LogP contribution is 2.10. The third-order valence-electron chi connectivity index (χ3n) is 2.92. The Kier molecular flexibility index (Phi) is 4.36. The van der Waals surface area contributed by atoms with Crippen LogP contribution in [0.1, 0.15) is 21.9 Å². The maximum atomic E-state index is 10.7. The van der Waals surface area contributed by atoms with Gasteiger partial charge in [-0.3, -0.25) is 4.90 Å². The van der Waals surface area contributed by atoms with Crippen molar-refractivity contribution in [1.82, 2.24) is 4.90 Å². The maximum absolute atomic E-state index is 10.7. The van der Waals surface area contributed by atoms with E-state index in [2.05, 4.69) is 17.0 Å². The van der Waals surface area contributed by atoms with Crippen LogP contribution in [-0.2, 0) is 13.0 Å². The molecule has 2 aromatic rings. The molecule has 0 aliphatic heterocycles.